The summed E-state index contributed by atoms with van der Waals surface area (Å²) < 4.78 is 0. The largest absolute Gasteiger partial charge is 0.340 e. The molecule has 3 aromatic heterocycles. The highest BCUT2D eigenvalue weighted by Gasteiger charge is 2.19. The molecule has 0 saturated carbocycles. The zero-order chi connectivity index (χ0) is 18.1. The molecule has 1 saturated heterocycles. The van der Waals surface area contributed by atoms with E-state index in [2.05, 4.69) is 32.1 Å². The van der Waals surface area contributed by atoms with Gasteiger partial charge in [-0.1, -0.05) is 11.3 Å². The quantitative estimate of drug-likeness (QED) is 0.701. The second-order valence-corrected chi connectivity index (χ2v) is 7.76. The van der Waals surface area contributed by atoms with Crippen molar-refractivity contribution >= 4 is 28.1 Å². The number of aryl methyl sites for hydroxylation is 1. The lowest BCUT2D eigenvalue weighted by Gasteiger charge is -2.32. The molecule has 0 spiro atoms. The van der Waals surface area contributed by atoms with Gasteiger partial charge < -0.3 is 9.80 Å². The summed E-state index contributed by atoms with van der Waals surface area (Å²) >= 11 is 1.54. The first-order valence-electron chi connectivity index (χ1n) is 8.60. The summed E-state index contributed by atoms with van der Waals surface area (Å²) in [7, 11) is 2.08. The smallest absolute Gasteiger partial charge is 0.228 e. The lowest BCUT2D eigenvalue weighted by Crippen LogP contribution is -2.47. The fraction of sp³-hybridized carbons (Fsp3) is 0.389. The van der Waals surface area contributed by atoms with Crippen molar-refractivity contribution in [2.75, 3.05) is 33.2 Å². The first kappa shape index (κ1) is 17.0. The summed E-state index contributed by atoms with van der Waals surface area (Å²) in [5, 5.41) is 11.0. The normalized spacial score (nSPS) is 15.5. The molecule has 0 aromatic carbocycles. The Morgan fingerprint density at radius 1 is 1.12 bits per heavy atom. The van der Waals surface area contributed by atoms with Crippen LogP contribution in [0.2, 0.25) is 0 Å². The van der Waals surface area contributed by atoms with Crippen molar-refractivity contribution in [3.05, 3.63) is 35.2 Å². The maximum Gasteiger partial charge on any atom is 0.228 e. The molecule has 1 aliphatic rings. The van der Waals surface area contributed by atoms with E-state index in [1.165, 1.54) is 0 Å². The number of hydrogen-bond donors (Lipinski definition) is 0. The third-order valence-corrected chi connectivity index (χ3v) is 5.47. The molecule has 0 unspecified atom stereocenters. The number of pyridine rings is 2. The van der Waals surface area contributed by atoms with Gasteiger partial charge in [0, 0.05) is 43.3 Å². The van der Waals surface area contributed by atoms with E-state index in [1.54, 1.807) is 23.7 Å². The molecule has 1 fully saturated rings. The van der Waals surface area contributed by atoms with Crippen molar-refractivity contribution in [1.82, 2.24) is 30.0 Å². The Bertz CT molecular complexity index is 948. The van der Waals surface area contributed by atoms with E-state index in [-0.39, 0.29) is 5.91 Å². The van der Waals surface area contributed by atoms with E-state index >= 15 is 0 Å². The molecule has 1 amide bonds. The average Bonchev–Trinajstić information content (AvgIpc) is 3.08. The number of amides is 1. The maximum atomic E-state index is 12.5. The van der Waals surface area contributed by atoms with Crippen molar-refractivity contribution in [1.29, 1.82) is 0 Å². The Kier molecular flexibility index (Phi) is 4.60. The standard InChI is InChI=1S/C18H20N6OS/c1-12-21-22-18(26-12)14-7-13-8-15(19-11-16(13)20-10-14)9-17(25)24-5-3-23(2)4-6-24/h7-8,10-11H,3-6,9H2,1-2H3. The molecule has 0 atom stereocenters. The molecule has 0 aliphatic carbocycles. The van der Waals surface area contributed by atoms with Gasteiger partial charge >= 0.3 is 0 Å². The van der Waals surface area contributed by atoms with Gasteiger partial charge in [0.1, 0.15) is 10.0 Å². The summed E-state index contributed by atoms with van der Waals surface area (Å²) in [5.74, 6) is 0.133. The first-order chi connectivity index (χ1) is 12.6. The fourth-order valence-electron chi connectivity index (χ4n) is 3.03. The van der Waals surface area contributed by atoms with E-state index in [9.17, 15) is 4.79 Å². The Hall–Kier alpha value is -2.45. The number of nitrogens with zero attached hydrogens (tertiary/aromatic N) is 6. The Morgan fingerprint density at radius 3 is 2.65 bits per heavy atom. The van der Waals surface area contributed by atoms with Gasteiger partial charge in [-0.15, -0.1) is 10.2 Å². The van der Waals surface area contributed by atoms with Crippen molar-refractivity contribution in [2.45, 2.75) is 13.3 Å². The Morgan fingerprint density at radius 2 is 1.92 bits per heavy atom. The number of piperazine rings is 1. The summed E-state index contributed by atoms with van der Waals surface area (Å²) in [6.45, 7) is 5.34. The van der Waals surface area contributed by atoms with Crippen LogP contribution in [0.1, 0.15) is 10.7 Å². The van der Waals surface area contributed by atoms with E-state index in [0.29, 0.717) is 6.42 Å². The lowest BCUT2D eigenvalue weighted by molar-refractivity contribution is -0.132. The van der Waals surface area contributed by atoms with E-state index < -0.39 is 0 Å². The minimum Gasteiger partial charge on any atom is -0.340 e. The van der Waals surface area contributed by atoms with Crippen LogP contribution in [0.3, 0.4) is 0 Å². The number of rotatable bonds is 3. The summed E-state index contributed by atoms with van der Waals surface area (Å²) in [6.07, 6.45) is 3.85. The molecule has 26 heavy (non-hydrogen) atoms. The van der Waals surface area contributed by atoms with Gasteiger partial charge in [0.25, 0.3) is 0 Å². The maximum absolute atomic E-state index is 12.5. The molecule has 0 radical (unpaired) electrons. The van der Waals surface area contributed by atoms with Crippen molar-refractivity contribution in [3.63, 3.8) is 0 Å². The summed E-state index contributed by atoms with van der Waals surface area (Å²) in [6, 6.07) is 3.99. The van der Waals surface area contributed by atoms with Crippen LogP contribution in [0.15, 0.2) is 24.5 Å². The molecular weight excluding hydrogens is 348 g/mol. The molecule has 8 heteroatoms. The highest BCUT2D eigenvalue weighted by Crippen LogP contribution is 2.25. The highest BCUT2D eigenvalue weighted by molar-refractivity contribution is 7.14. The predicted molar refractivity (Wildman–Crippen MR) is 101 cm³/mol. The molecule has 7 nitrogen and oxygen atoms in total. The highest BCUT2D eigenvalue weighted by atomic mass is 32.1. The number of hydrogen-bond acceptors (Lipinski definition) is 7. The molecule has 134 valence electrons. The van der Waals surface area contributed by atoms with Crippen LogP contribution in [-0.4, -0.2) is 69.1 Å². The lowest BCUT2D eigenvalue weighted by atomic mass is 10.1. The third-order valence-electron chi connectivity index (χ3n) is 4.59. The van der Waals surface area contributed by atoms with Gasteiger partial charge in [-0.2, -0.15) is 0 Å². The topological polar surface area (TPSA) is 75.1 Å². The van der Waals surface area contributed by atoms with Crippen LogP contribution in [0.5, 0.6) is 0 Å². The third kappa shape index (κ3) is 3.56. The van der Waals surface area contributed by atoms with Gasteiger partial charge in [0.15, 0.2) is 0 Å². The van der Waals surface area contributed by atoms with Crippen LogP contribution >= 0.6 is 11.3 Å². The molecule has 4 rings (SSSR count). The van der Waals surface area contributed by atoms with Crippen LogP contribution in [0, 0.1) is 6.92 Å². The number of likely N-dealkylation sites (N-methyl/N-ethyl adjacent to an activating group) is 1. The van der Waals surface area contributed by atoms with Crippen molar-refractivity contribution < 1.29 is 4.79 Å². The van der Waals surface area contributed by atoms with Gasteiger partial charge in [-0.05, 0) is 26.1 Å². The zero-order valence-electron chi connectivity index (χ0n) is 14.8. The van der Waals surface area contributed by atoms with Crippen molar-refractivity contribution in [3.8, 4) is 10.6 Å². The fourth-order valence-corrected chi connectivity index (χ4v) is 3.70. The van der Waals surface area contributed by atoms with Crippen LogP contribution in [0.4, 0.5) is 0 Å². The minimum atomic E-state index is 0.133. The molecular formula is C18H20N6OS. The average molecular weight is 368 g/mol. The zero-order valence-corrected chi connectivity index (χ0v) is 15.7. The molecule has 3 aromatic rings. The van der Waals surface area contributed by atoms with E-state index in [4.69, 9.17) is 0 Å². The number of carbonyl (C=O) groups is 1. The molecule has 4 heterocycles. The minimum absolute atomic E-state index is 0.133. The van der Waals surface area contributed by atoms with Crippen LogP contribution in [-0.2, 0) is 11.2 Å². The van der Waals surface area contributed by atoms with Crippen LogP contribution < -0.4 is 0 Å². The summed E-state index contributed by atoms with van der Waals surface area (Å²) in [4.78, 5) is 25.6. The number of carbonyl (C=O) groups excluding carboxylic acids is 1. The predicted octanol–water partition coefficient (Wildman–Crippen LogP) is 1.77. The van der Waals surface area contributed by atoms with Crippen molar-refractivity contribution in [2.24, 2.45) is 0 Å². The number of fused-ring (bicyclic) bond motifs is 1. The van der Waals surface area contributed by atoms with E-state index in [0.717, 1.165) is 58.4 Å². The SMILES string of the molecule is Cc1nnc(-c2cnc3cnc(CC(=O)N4CCN(C)CC4)cc3c2)s1. The van der Waals surface area contributed by atoms with Gasteiger partial charge in [-0.25, -0.2) is 0 Å². The second kappa shape index (κ2) is 7.05. The monoisotopic (exact) mass is 368 g/mol. The molecule has 1 aliphatic heterocycles. The van der Waals surface area contributed by atoms with Gasteiger partial charge in [0.05, 0.1) is 23.8 Å². The molecule has 0 bridgehead atoms. The molecule has 0 N–H and O–H groups in total. The first-order valence-corrected chi connectivity index (χ1v) is 9.41. The van der Waals surface area contributed by atoms with Gasteiger partial charge in [0.2, 0.25) is 5.91 Å². The van der Waals surface area contributed by atoms with Gasteiger partial charge in [-0.3, -0.25) is 14.8 Å². The Labute approximate surface area is 155 Å². The van der Waals surface area contributed by atoms with Crippen LogP contribution in [0.25, 0.3) is 21.5 Å². The Balaban J connectivity index is 1.55. The van der Waals surface area contributed by atoms with E-state index in [1.807, 2.05) is 24.0 Å². The number of aromatic nitrogens is 4. The summed E-state index contributed by atoms with van der Waals surface area (Å²) in [5.41, 5.74) is 2.52. The second-order valence-electron chi connectivity index (χ2n) is 6.58.